The van der Waals surface area contributed by atoms with E-state index in [-0.39, 0.29) is 25.7 Å². The minimum atomic E-state index is -1.27. The van der Waals surface area contributed by atoms with Crippen LogP contribution in [0.5, 0.6) is 0 Å². The van der Waals surface area contributed by atoms with Crippen molar-refractivity contribution in [3.63, 3.8) is 0 Å². The average Bonchev–Trinajstić information content (AvgIpc) is 3.49. The zero-order valence-electron chi connectivity index (χ0n) is 29.3. The summed E-state index contributed by atoms with van der Waals surface area (Å²) in [6.45, 7) is 9.24. The Morgan fingerprint density at radius 1 is 0.745 bits per heavy atom. The number of nitrogens with zero attached hydrogens (tertiary/aromatic N) is 2. The maximum atomic E-state index is 14.3. The number of furan rings is 1. The zero-order chi connectivity index (χ0) is 34.8. The smallest absolute Gasteiger partial charge is 0.133 e. The van der Waals surface area contributed by atoms with Gasteiger partial charge in [-0.05, 0) is 72.1 Å². The molecule has 3 aromatic heterocycles. The second kappa shape index (κ2) is 15.5. The molecule has 4 aromatic carbocycles. The van der Waals surface area contributed by atoms with E-state index in [1.807, 2.05) is 42.6 Å². The summed E-state index contributed by atoms with van der Waals surface area (Å²) in [5.41, 5.74) is 8.27. The molecule has 0 saturated heterocycles. The third-order valence-corrected chi connectivity index (χ3v) is 11.8. The Morgan fingerprint density at radius 2 is 1.51 bits per heavy atom. The van der Waals surface area contributed by atoms with Gasteiger partial charge in [0, 0.05) is 37.9 Å². The molecule has 1 aliphatic carbocycles. The number of hydrogen-bond donors (Lipinski definition) is 0. The van der Waals surface area contributed by atoms with Crippen molar-refractivity contribution in [1.82, 2.24) is 9.97 Å². The second-order valence-electron chi connectivity index (χ2n) is 14.3. The van der Waals surface area contributed by atoms with Gasteiger partial charge >= 0.3 is 0 Å². The van der Waals surface area contributed by atoms with Gasteiger partial charge in [0.25, 0.3) is 0 Å². The van der Waals surface area contributed by atoms with Gasteiger partial charge in [-0.15, -0.1) is 59.7 Å². The Bertz CT molecular complexity index is 2270. The first-order valence-corrected chi connectivity index (χ1v) is 20.9. The minimum absolute atomic E-state index is 0. The van der Waals surface area contributed by atoms with Gasteiger partial charge in [0.05, 0.1) is 19.2 Å². The number of benzene rings is 4. The van der Waals surface area contributed by atoms with Crippen molar-refractivity contribution < 1.29 is 33.3 Å². The van der Waals surface area contributed by atoms with E-state index >= 15 is 0 Å². The van der Waals surface area contributed by atoms with Crippen molar-refractivity contribution in [3.05, 3.63) is 138 Å². The molecule has 8 rings (SSSR count). The Kier molecular flexibility index (Phi) is 11.1. The Labute approximate surface area is 313 Å². The molecule has 3 heterocycles. The first kappa shape index (κ1) is 36.5. The van der Waals surface area contributed by atoms with E-state index in [9.17, 15) is 8.78 Å². The second-order valence-corrected chi connectivity index (χ2v) is 19.3. The predicted molar refractivity (Wildman–Crippen MR) is 203 cm³/mol. The van der Waals surface area contributed by atoms with E-state index in [0.29, 0.717) is 22.6 Å². The fourth-order valence-corrected chi connectivity index (χ4v) is 8.83. The van der Waals surface area contributed by atoms with Crippen LogP contribution >= 0.6 is 0 Å². The van der Waals surface area contributed by atoms with Crippen LogP contribution in [0.15, 0.2) is 108 Å². The van der Waals surface area contributed by atoms with Crippen molar-refractivity contribution in [1.29, 1.82) is 0 Å². The molecule has 0 amide bonds. The molecule has 0 aliphatic heterocycles. The van der Waals surface area contributed by atoms with Gasteiger partial charge in [-0.3, -0.25) is 0 Å². The van der Waals surface area contributed by atoms with E-state index in [1.54, 1.807) is 12.1 Å². The molecule has 0 atom stereocenters. The van der Waals surface area contributed by atoms with Gasteiger partial charge in [-0.1, -0.05) is 85.7 Å². The SMILES string of the molecule is Cc1cc(-c2[c-]cccc2)ncc1[Si](C)(C)C.Fc1cccc(F)c1-c1ccc2c(c1)oc1c[c-]c(-c3cc(C4CCCCC4)ccn3)cc12.[Ir]. The number of pyridine rings is 2. The molecular formula is C44H40F2IrN2OSi-2. The van der Waals surface area contributed by atoms with Crippen LogP contribution < -0.4 is 5.19 Å². The Balaban J connectivity index is 0.000000211. The number of hydrogen-bond acceptors (Lipinski definition) is 3. The van der Waals surface area contributed by atoms with Gasteiger partial charge in [0.2, 0.25) is 0 Å². The molecule has 0 N–H and O–H groups in total. The summed E-state index contributed by atoms with van der Waals surface area (Å²) in [6, 6.07) is 34.0. The van der Waals surface area contributed by atoms with E-state index < -0.39 is 19.7 Å². The van der Waals surface area contributed by atoms with Gasteiger partial charge < -0.3 is 14.4 Å². The third-order valence-electron chi connectivity index (χ3n) is 9.70. The molecule has 3 nitrogen and oxygen atoms in total. The van der Waals surface area contributed by atoms with Crippen LogP contribution in [0, 0.1) is 30.7 Å². The standard InChI is InChI=1S/C29H22F2NO.C15H18NSi.Ir/c30-24-7-4-8-25(31)29(24)21-9-11-22-23-15-20(10-12-27(23)33-28(22)17-21)26-16-19(13-14-32-26)18-5-2-1-3-6-18;1-12-10-14(13-8-6-5-7-9-13)16-11-15(12)17(2,3)4;/h4,7-9,11-18H,1-3,5-6H2;5-8,10-11H,1-4H3;/q2*-1;. The maximum absolute atomic E-state index is 14.3. The van der Waals surface area contributed by atoms with Crippen LogP contribution in [0.1, 0.15) is 49.1 Å². The van der Waals surface area contributed by atoms with Gasteiger partial charge in [-0.25, -0.2) is 8.78 Å². The average molecular weight is 871 g/mol. The minimum Gasteiger partial charge on any atom is -0.500 e. The van der Waals surface area contributed by atoms with Crippen molar-refractivity contribution >= 4 is 35.2 Å². The maximum Gasteiger partial charge on any atom is 0.133 e. The van der Waals surface area contributed by atoms with E-state index in [4.69, 9.17) is 4.42 Å². The number of halogens is 2. The fourth-order valence-electron chi connectivity index (χ4n) is 7.12. The van der Waals surface area contributed by atoms with Crippen molar-refractivity contribution in [2.75, 3.05) is 0 Å². The Morgan fingerprint density at radius 3 is 2.22 bits per heavy atom. The number of aromatic nitrogens is 2. The zero-order valence-corrected chi connectivity index (χ0v) is 32.7. The first-order chi connectivity index (χ1) is 24.2. The molecule has 7 aromatic rings. The first-order valence-electron chi connectivity index (χ1n) is 17.4. The van der Waals surface area contributed by atoms with Gasteiger partial charge in [0.15, 0.2) is 0 Å². The fraction of sp³-hybridized carbons (Fsp3) is 0.227. The monoisotopic (exact) mass is 871 g/mol. The summed E-state index contributed by atoms with van der Waals surface area (Å²) < 4.78 is 34.5. The van der Waals surface area contributed by atoms with Crippen LogP contribution in [-0.4, -0.2) is 18.0 Å². The summed E-state index contributed by atoms with van der Waals surface area (Å²) in [6.07, 6.45) is 10.3. The summed E-state index contributed by atoms with van der Waals surface area (Å²) >= 11 is 0. The number of fused-ring (bicyclic) bond motifs is 3. The molecule has 1 saturated carbocycles. The summed E-state index contributed by atoms with van der Waals surface area (Å²) in [5, 5.41) is 3.27. The van der Waals surface area contributed by atoms with Crippen molar-refractivity contribution in [2.24, 2.45) is 0 Å². The number of rotatable bonds is 5. The molecule has 0 spiro atoms. The molecule has 0 unspecified atom stereocenters. The molecule has 261 valence electrons. The third kappa shape index (κ3) is 7.96. The quantitative estimate of drug-likeness (QED) is 0.128. The molecule has 0 bridgehead atoms. The largest absolute Gasteiger partial charge is 0.500 e. The molecule has 1 radical (unpaired) electrons. The number of aryl methyl sites for hydroxylation is 1. The molecular weight excluding hydrogens is 831 g/mol. The topological polar surface area (TPSA) is 38.9 Å². The summed E-state index contributed by atoms with van der Waals surface area (Å²) in [4.78, 5) is 9.18. The van der Waals surface area contributed by atoms with Crippen LogP contribution in [0.4, 0.5) is 8.78 Å². The van der Waals surface area contributed by atoms with Gasteiger partial charge in [0.1, 0.15) is 17.2 Å². The van der Waals surface area contributed by atoms with Crippen LogP contribution in [0.25, 0.3) is 55.6 Å². The molecule has 1 fully saturated rings. The van der Waals surface area contributed by atoms with E-state index in [1.165, 1.54) is 66.6 Å². The van der Waals surface area contributed by atoms with Crippen LogP contribution in [0.2, 0.25) is 19.6 Å². The van der Waals surface area contributed by atoms with E-state index in [0.717, 1.165) is 33.3 Å². The Hall–Kier alpha value is -4.29. The molecule has 7 heteroatoms. The van der Waals surface area contributed by atoms with Crippen molar-refractivity contribution in [3.8, 4) is 33.6 Å². The van der Waals surface area contributed by atoms with Crippen LogP contribution in [0.3, 0.4) is 0 Å². The molecule has 1 aliphatic rings. The molecule has 51 heavy (non-hydrogen) atoms. The van der Waals surface area contributed by atoms with Gasteiger partial charge in [-0.2, -0.15) is 0 Å². The normalized spacial score (nSPS) is 13.5. The summed E-state index contributed by atoms with van der Waals surface area (Å²) in [7, 11) is -1.27. The van der Waals surface area contributed by atoms with Crippen molar-refractivity contribution in [2.45, 2.75) is 64.6 Å². The van der Waals surface area contributed by atoms with Crippen LogP contribution in [-0.2, 0) is 20.1 Å². The predicted octanol–water partition coefficient (Wildman–Crippen LogP) is 11.8. The van der Waals surface area contributed by atoms with E-state index in [2.05, 4.69) is 79.1 Å². The summed E-state index contributed by atoms with van der Waals surface area (Å²) in [5.74, 6) is -0.578.